The van der Waals surface area contributed by atoms with Crippen molar-refractivity contribution < 1.29 is 4.74 Å². The van der Waals surface area contributed by atoms with E-state index < -0.39 is 0 Å². The Kier molecular flexibility index (Phi) is 6.03. The summed E-state index contributed by atoms with van der Waals surface area (Å²) in [4.78, 5) is 26.1. The molecule has 0 atom stereocenters. The number of ether oxygens (including phenoxy) is 1. The van der Waals surface area contributed by atoms with Gasteiger partial charge in [0.15, 0.2) is 5.65 Å². The zero-order valence-electron chi connectivity index (χ0n) is 19.0. The SMILES string of the molecule is CCN(CC)c1ccc(-c2nc(Nc3ccc(N4CCOCC4)cc3)nc3[nH]cnc23)cn1. The van der Waals surface area contributed by atoms with Crippen LogP contribution in [0.3, 0.4) is 0 Å². The van der Waals surface area contributed by atoms with Gasteiger partial charge in [0, 0.05) is 49.3 Å². The Balaban J connectivity index is 1.41. The van der Waals surface area contributed by atoms with Gasteiger partial charge in [-0.3, -0.25) is 0 Å². The Labute approximate surface area is 192 Å². The molecule has 5 rings (SSSR count). The average Bonchev–Trinajstić information content (AvgIpc) is 3.35. The van der Waals surface area contributed by atoms with E-state index in [2.05, 4.69) is 61.0 Å². The second-order valence-corrected chi connectivity index (χ2v) is 7.84. The molecule has 1 fully saturated rings. The first-order chi connectivity index (χ1) is 16.2. The van der Waals surface area contributed by atoms with Crippen molar-refractivity contribution in [3.05, 3.63) is 48.9 Å². The number of morpholine rings is 1. The summed E-state index contributed by atoms with van der Waals surface area (Å²) in [6.07, 6.45) is 3.49. The van der Waals surface area contributed by atoms with Gasteiger partial charge >= 0.3 is 0 Å². The van der Waals surface area contributed by atoms with Crippen LogP contribution in [0.2, 0.25) is 0 Å². The van der Waals surface area contributed by atoms with Crippen LogP contribution in [0.5, 0.6) is 0 Å². The van der Waals surface area contributed by atoms with Gasteiger partial charge in [0.1, 0.15) is 17.0 Å². The summed E-state index contributed by atoms with van der Waals surface area (Å²) in [5.74, 6) is 1.46. The van der Waals surface area contributed by atoms with Crippen molar-refractivity contribution >= 4 is 34.3 Å². The second kappa shape index (κ2) is 9.41. The van der Waals surface area contributed by atoms with Gasteiger partial charge < -0.3 is 24.8 Å². The molecule has 9 heteroatoms. The Morgan fingerprint density at radius 3 is 2.48 bits per heavy atom. The van der Waals surface area contributed by atoms with Crippen LogP contribution < -0.4 is 15.1 Å². The number of imidazole rings is 1. The van der Waals surface area contributed by atoms with Crippen molar-refractivity contribution in [1.29, 1.82) is 0 Å². The van der Waals surface area contributed by atoms with Crippen molar-refractivity contribution in [3.63, 3.8) is 0 Å². The minimum Gasteiger partial charge on any atom is -0.378 e. The maximum atomic E-state index is 5.44. The molecule has 4 heterocycles. The van der Waals surface area contributed by atoms with E-state index in [0.29, 0.717) is 11.6 Å². The van der Waals surface area contributed by atoms with Crippen LogP contribution >= 0.6 is 0 Å². The fraction of sp³-hybridized carbons (Fsp3) is 0.333. The first kappa shape index (κ1) is 21.1. The normalized spacial score (nSPS) is 13.9. The first-order valence-corrected chi connectivity index (χ1v) is 11.4. The Bertz CT molecular complexity index is 1200. The predicted octanol–water partition coefficient (Wildman–Crippen LogP) is 3.84. The zero-order chi connectivity index (χ0) is 22.6. The smallest absolute Gasteiger partial charge is 0.229 e. The fourth-order valence-corrected chi connectivity index (χ4v) is 4.06. The number of pyridine rings is 1. The summed E-state index contributed by atoms with van der Waals surface area (Å²) in [6.45, 7) is 9.45. The molecule has 4 aromatic rings. The first-order valence-electron chi connectivity index (χ1n) is 11.4. The number of nitrogens with one attached hydrogen (secondary N) is 2. The number of benzene rings is 1. The molecule has 1 saturated heterocycles. The van der Waals surface area contributed by atoms with Gasteiger partial charge in [0.2, 0.25) is 5.95 Å². The lowest BCUT2D eigenvalue weighted by molar-refractivity contribution is 0.122. The largest absolute Gasteiger partial charge is 0.378 e. The molecule has 0 spiro atoms. The van der Waals surface area contributed by atoms with E-state index >= 15 is 0 Å². The quantitative estimate of drug-likeness (QED) is 0.444. The number of nitrogens with zero attached hydrogens (tertiary/aromatic N) is 6. The fourth-order valence-electron chi connectivity index (χ4n) is 4.06. The summed E-state index contributed by atoms with van der Waals surface area (Å²) in [7, 11) is 0. The van der Waals surface area contributed by atoms with Crippen LogP contribution in [0.1, 0.15) is 13.8 Å². The van der Waals surface area contributed by atoms with Crippen molar-refractivity contribution in [3.8, 4) is 11.3 Å². The van der Waals surface area contributed by atoms with Crippen LogP contribution in [-0.2, 0) is 4.74 Å². The maximum Gasteiger partial charge on any atom is 0.229 e. The van der Waals surface area contributed by atoms with E-state index in [-0.39, 0.29) is 0 Å². The van der Waals surface area contributed by atoms with E-state index in [1.165, 1.54) is 5.69 Å². The summed E-state index contributed by atoms with van der Waals surface area (Å²) in [5.41, 5.74) is 5.16. The lowest BCUT2D eigenvalue weighted by atomic mass is 10.2. The van der Waals surface area contributed by atoms with Crippen molar-refractivity contribution in [1.82, 2.24) is 24.9 Å². The number of anilines is 4. The van der Waals surface area contributed by atoms with E-state index in [1.54, 1.807) is 6.33 Å². The highest BCUT2D eigenvalue weighted by atomic mass is 16.5. The molecule has 33 heavy (non-hydrogen) atoms. The average molecular weight is 445 g/mol. The number of hydrogen-bond acceptors (Lipinski definition) is 8. The van der Waals surface area contributed by atoms with Crippen molar-refractivity contribution in [2.45, 2.75) is 13.8 Å². The van der Waals surface area contributed by atoms with E-state index in [4.69, 9.17) is 9.72 Å². The van der Waals surface area contributed by atoms with Gasteiger partial charge in [-0.15, -0.1) is 0 Å². The standard InChI is InChI=1S/C24H28N8O/c1-3-31(4-2)20-10-5-17(15-25-20)21-22-23(27-16-26-22)30-24(29-21)28-18-6-8-19(9-7-18)32-11-13-33-14-12-32/h5-10,15-16H,3-4,11-14H2,1-2H3,(H2,26,27,28,29,30). The summed E-state index contributed by atoms with van der Waals surface area (Å²) in [6, 6.07) is 12.4. The molecule has 0 unspecified atom stereocenters. The van der Waals surface area contributed by atoms with Crippen LogP contribution in [0, 0.1) is 0 Å². The van der Waals surface area contributed by atoms with Crippen LogP contribution in [0.25, 0.3) is 22.4 Å². The molecule has 0 amide bonds. The number of H-pyrrole nitrogens is 1. The van der Waals surface area contributed by atoms with Crippen LogP contribution in [0.15, 0.2) is 48.9 Å². The number of fused-ring (bicyclic) bond motifs is 1. The molecular formula is C24H28N8O. The highest BCUT2D eigenvalue weighted by Crippen LogP contribution is 2.27. The molecule has 0 bridgehead atoms. The lowest BCUT2D eigenvalue weighted by Gasteiger charge is -2.28. The number of rotatable bonds is 7. The number of aromatic amines is 1. The van der Waals surface area contributed by atoms with Gasteiger partial charge in [-0.1, -0.05) is 0 Å². The maximum absolute atomic E-state index is 5.44. The number of aromatic nitrogens is 5. The third kappa shape index (κ3) is 4.45. The summed E-state index contributed by atoms with van der Waals surface area (Å²) >= 11 is 0. The minimum absolute atomic E-state index is 0.508. The lowest BCUT2D eigenvalue weighted by Crippen LogP contribution is -2.36. The minimum atomic E-state index is 0.508. The molecule has 0 saturated carbocycles. The molecular weight excluding hydrogens is 416 g/mol. The highest BCUT2D eigenvalue weighted by molar-refractivity contribution is 5.88. The van der Waals surface area contributed by atoms with E-state index in [9.17, 15) is 0 Å². The molecule has 0 radical (unpaired) electrons. The van der Waals surface area contributed by atoms with Crippen molar-refractivity contribution in [2.24, 2.45) is 0 Å². The Morgan fingerprint density at radius 2 is 1.79 bits per heavy atom. The monoisotopic (exact) mass is 444 g/mol. The van der Waals surface area contributed by atoms with Crippen LogP contribution in [0.4, 0.5) is 23.1 Å². The highest BCUT2D eigenvalue weighted by Gasteiger charge is 2.15. The molecule has 3 aromatic heterocycles. The molecule has 0 aliphatic carbocycles. The number of hydrogen-bond donors (Lipinski definition) is 2. The van der Waals surface area contributed by atoms with Gasteiger partial charge in [-0.25, -0.2) is 15.0 Å². The molecule has 1 aliphatic rings. The van der Waals surface area contributed by atoms with Crippen LogP contribution in [-0.4, -0.2) is 64.3 Å². The molecule has 1 aromatic carbocycles. The topological polar surface area (TPSA) is 95.1 Å². The van der Waals surface area contributed by atoms with E-state index in [0.717, 1.165) is 67.7 Å². The Hall–Kier alpha value is -3.72. The summed E-state index contributed by atoms with van der Waals surface area (Å²) < 4.78 is 5.44. The van der Waals surface area contributed by atoms with Gasteiger partial charge in [0.05, 0.1) is 19.5 Å². The Morgan fingerprint density at radius 1 is 1.00 bits per heavy atom. The molecule has 9 nitrogen and oxygen atoms in total. The molecule has 170 valence electrons. The van der Waals surface area contributed by atoms with Gasteiger partial charge in [0.25, 0.3) is 0 Å². The second-order valence-electron chi connectivity index (χ2n) is 7.84. The van der Waals surface area contributed by atoms with E-state index in [1.807, 2.05) is 30.5 Å². The molecule has 2 N–H and O–H groups in total. The zero-order valence-corrected chi connectivity index (χ0v) is 19.0. The third-order valence-electron chi connectivity index (χ3n) is 5.89. The van der Waals surface area contributed by atoms with Gasteiger partial charge in [-0.05, 0) is 50.2 Å². The van der Waals surface area contributed by atoms with Crippen molar-refractivity contribution in [2.75, 3.05) is 54.5 Å². The third-order valence-corrected chi connectivity index (χ3v) is 5.89. The van der Waals surface area contributed by atoms with Gasteiger partial charge in [-0.2, -0.15) is 4.98 Å². The predicted molar refractivity (Wildman–Crippen MR) is 131 cm³/mol. The molecule has 1 aliphatic heterocycles. The summed E-state index contributed by atoms with van der Waals surface area (Å²) in [5, 5.41) is 3.33.